The van der Waals surface area contributed by atoms with Gasteiger partial charge in [-0.2, -0.15) is 0 Å². The zero-order valence-corrected chi connectivity index (χ0v) is 13.0. The Morgan fingerprint density at radius 1 is 0.611 bits per heavy atom. The molecule has 0 aliphatic carbocycles. The van der Waals surface area contributed by atoms with Crippen LogP contribution in [0.1, 0.15) is 11.1 Å². The van der Waals surface area contributed by atoms with E-state index in [1.807, 2.05) is 36.4 Å². The Morgan fingerprint density at radius 3 is 1.28 bits per heavy atom. The van der Waals surface area contributed by atoms with Gasteiger partial charge in [-0.25, -0.2) is 0 Å². The maximum absolute atomic E-state index is 4.51. The van der Waals surface area contributed by atoms with E-state index in [1.54, 1.807) is 0 Å². The molecule has 0 aliphatic rings. The normalized spacial score (nSPS) is 8.44. The van der Waals surface area contributed by atoms with E-state index in [9.17, 15) is 0 Å². The molecule has 0 bridgehead atoms. The molecule has 2 aromatic rings. The van der Waals surface area contributed by atoms with Gasteiger partial charge in [0.05, 0.1) is 0 Å². The van der Waals surface area contributed by atoms with Crippen LogP contribution >= 0.6 is 0 Å². The summed E-state index contributed by atoms with van der Waals surface area (Å²) in [6.45, 7) is 1.60. The first-order valence-corrected chi connectivity index (χ1v) is 5.16. The minimum Gasteiger partial charge on any atom is -1.00 e. The Kier molecular flexibility index (Phi) is 13.1. The van der Waals surface area contributed by atoms with Crippen molar-refractivity contribution in [1.82, 2.24) is 0 Å². The van der Waals surface area contributed by atoms with Crippen LogP contribution in [0.25, 0.3) is 5.32 Å². The van der Waals surface area contributed by atoms with E-state index in [4.69, 9.17) is 0 Å². The monoisotopic (exact) mass is 314 g/mol. The van der Waals surface area contributed by atoms with E-state index in [0.717, 1.165) is 13.1 Å². The van der Waals surface area contributed by atoms with Crippen molar-refractivity contribution in [1.29, 1.82) is 0 Å². The minimum absolute atomic E-state index is 0. The summed E-state index contributed by atoms with van der Waals surface area (Å²) < 4.78 is 0. The molecule has 0 spiro atoms. The fourth-order valence-corrected chi connectivity index (χ4v) is 1.48. The second-order valence-corrected chi connectivity index (χ2v) is 3.51. The van der Waals surface area contributed by atoms with Gasteiger partial charge in [0.1, 0.15) is 0 Å². The molecule has 1 radical (unpaired) electrons. The number of hydrogen-bond acceptors (Lipinski definition) is 0. The van der Waals surface area contributed by atoms with E-state index < -0.39 is 0 Å². The molecule has 0 heterocycles. The van der Waals surface area contributed by atoms with Gasteiger partial charge in [-0.15, -0.1) is 13.1 Å². The van der Waals surface area contributed by atoms with Crippen molar-refractivity contribution >= 4 is 0 Å². The predicted molar refractivity (Wildman–Crippen MR) is 63.7 cm³/mol. The van der Waals surface area contributed by atoms with E-state index in [2.05, 4.69) is 29.6 Å². The first kappa shape index (κ1) is 20.0. The summed E-state index contributed by atoms with van der Waals surface area (Å²) in [4.78, 5) is 0. The Hall–Kier alpha value is -0.306. The summed E-state index contributed by atoms with van der Waals surface area (Å²) in [6, 6.07) is 20.7. The molecule has 0 fully saturated rings. The molecule has 0 saturated heterocycles. The maximum Gasteiger partial charge on any atom is 3.00 e. The number of benzene rings is 2. The first-order chi connectivity index (χ1) is 7.45. The third kappa shape index (κ3) is 7.20. The molecular formula is C14H14Cl2NTi. The van der Waals surface area contributed by atoms with E-state index >= 15 is 0 Å². The topological polar surface area (TPSA) is 14.1 Å². The predicted octanol–water partition coefficient (Wildman–Crippen LogP) is -2.23. The number of rotatable bonds is 4. The van der Waals surface area contributed by atoms with Crippen molar-refractivity contribution in [3.63, 3.8) is 0 Å². The van der Waals surface area contributed by atoms with Crippen LogP contribution in [-0.2, 0) is 34.8 Å². The molecular weight excluding hydrogens is 301 g/mol. The third-order valence-corrected chi connectivity index (χ3v) is 2.27. The van der Waals surface area contributed by atoms with E-state index in [0.29, 0.717) is 0 Å². The minimum atomic E-state index is 0. The molecule has 18 heavy (non-hydrogen) atoms. The van der Waals surface area contributed by atoms with Crippen LogP contribution in [0, 0.1) is 0 Å². The van der Waals surface area contributed by atoms with Gasteiger partial charge in [-0.1, -0.05) is 71.8 Å². The number of nitrogens with zero attached hydrogens (tertiary/aromatic N) is 1. The molecule has 0 aromatic heterocycles. The van der Waals surface area contributed by atoms with Crippen LogP contribution in [0.2, 0.25) is 0 Å². The number of hydrogen-bond donors (Lipinski definition) is 0. The molecule has 0 amide bonds. The molecule has 1 nitrogen and oxygen atoms in total. The van der Waals surface area contributed by atoms with Crippen molar-refractivity contribution in [2.75, 3.05) is 0 Å². The van der Waals surface area contributed by atoms with Crippen molar-refractivity contribution in [3.05, 3.63) is 77.1 Å². The van der Waals surface area contributed by atoms with Crippen LogP contribution in [0.3, 0.4) is 0 Å². The van der Waals surface area contributed by atoms with Crippen molar-refractivity contribution < 1.29 is 46.5 Å². The van der Waals surface area contributed by atoms with E-state index in [1.165, 1.54) is 11.1 Å². The van der Waals surface area contributed by atoms with E-state index in [-0.39, 0.29) is 46.5 Å². The molecule has 2 aromatic carbocycles. The van der Waals surface area contributed by atoms with Gasteiger partial charge in [-0.05, 0) is 0 Å². The van der Waals surface area contributed by atoms with Gasteiger partial charge in [-0.3, -0.25) is 0 Å². The molecule has 2 rings (SSSR count). The summed E-state index contributed by atoms with van der Waals surface area (Å²) in [7, 11) is 0. The largest absolute Gasteiger partial charge is 3.00 e. The Labute approximate surface area is 136 Å². The fourth-order valence-electron chi connectivity index (χ4n) is 1.48. The van der Waals surface area contributed by atoms with Gasteiger partial charge in [0.15, 0.2) is 0 Å². The van der Waals surface area contributed by atoms with Crippen LogP contribution < -0.4 is 24.8 Å². The summed E-state index contributed by atoms with van der Waals surface area (Å²) in [5.41, 5.74) is 2.54. The zero-order valence-electron chi connectivity index (χ0n) is 9.89. The summed E-state index contributed by atoms with van der Waals surface area (Å²) in [5.74, 6) is 0. The standard InChI is InChI=1S/C14H14N.2ClH.Ti/c1-3-7-13(8-4-1)11-15-12-14-9-5-2-6-10-14;;;/h1-10H,11-12H2;2*1H;/q-1;;;+3/p-2. The average molecular weight is 315 g/mol. The van der Waals surface area contributed by atoms with Gasteiger partial charge in [0.2, 0.25) is 0 Å². The van der Waals surface area contributed by atoms with Crippen LogP contribution in [-0.4, -0.2) is 0 Å². The van der Waals surface area contributed by atoms with Gasteiger partial charge >= 0.3 is 21.7 Å². The average Bonchev–Trinajstić information content (AvgIpc) is 2.32. The second kappa shape index (κ2) is 11.8. The Balaban J connectivity index is 0. The third-order valence-electron chi connectivity index (χ3n) is 2.27. The molecule has 0 atom stereocenters. The first-order valence-electron chi connectivity index (χ1n) is 5.16. The Bertz CT molecular complexity index is 356. The smallest absolute Gasteiger partial charge is 1.00 e. The molecule has 93 valence electrons. The van der Waals surface area contributed by atoms with Gasteiger partial charge < -0.3 is 30.1 Å². The summed E-state index contributed by atoms with van der Waals surface area (Å²) in [5, 5.41) is 4.51. The van der Waals surface area contributed by atoms with Crippen molar-refractivity contribution in [2.45, 2.75) is 13.1 Å². The summed E-state index contributed by atoms with van der Waals surface area (Å²) in [6.07, 6.45) is 0. The molecule has 0 unspecified atom stereocenters. The molecule has 0 aliphatic heterocycles. The van der Waals surface area contributed by atoms with Crippen LogP contribution in [0.5, 0.6) is 0 Å². The van der Waals surface area contributed by atoms with Gasteiger partial charge in [0, 0.05) is 0 Å². The summed E-state index contributed by atoms with van der Waals surface area (Å²) >= 11 is 0. The molecule has 4 heteroatoms. The fraction of sp³-hybridized carbons (Fsp3) is 0.143. The van der Waals surface area contributed by atoms with Crippen molar-refractivity contribution in [2.24, 2.45) is 0 Å². The van der Waals surface area contributed by atoms with Gasteiger partial charge in [0.25, 0.3) is 0 Å². The maximum atomic E-state index is 4.51. The quantitative estimate of drug-likeness (QED) is 0.567. The Morgan fingerprint density at radius 2 is 0.944 bits per heavy atom. The molecule has 0 N–H and O–H groups in total. The SMILES string of the molecule is [Cl-].[Cl-].[Ti+3].c1ccc(C[N-]Cc2ccccc2)cc1. The molecule has 0 saturated carbocycles. The zero-order chi connectivity index (χ0) is 10.3. The van der Waals surface area contributed by atoms with Crippen molar-refractivity contribution in [3.8, 4) is 0 Å². The van der Waals surface area contributed by atoms with Crippen LogP contribution in [0.4, 0.5) is 0 Å². The second-order valence-electron chi connectivity index (χ2n) is 3.51. The van der Waals surface area contributed by atoms with Crippen LogP contribution in [0.15, 0.2) is 60.7 Å². The number of halogens is 2.